The Kier molecular flexibility index (Phi) is 2.96. The molecule has 2 aromatic rings. The summed E-state index contributed by atoms with van der Waals surface area (Å²) in [6, 6.07) is 5.17. The summed E-state index contributed by atoms with van der Waals surface area (Å²) in [5.41, 5.74) is 0.610. The molecule has 7 heteroatoms. The average Bonchev–Trinajstić information content (AvgIpc) is 2.81. The molecule has 0 aliphatic carbocycles. The zero-order chi connectivity index (χ0) is 13.1. The zero-order valence-electron chi connectivity index (χ0n) is 8.90. The van der Waals surface area contributed by atoms with Crippen molar-refractivity contribution in [2.45, 2.75) is 0 Å². The fraction of sp³-hybridized carbons (Fsp3) is 0. The molecule has 0 atom stereocenters. The Bertz CT molecular complexity index is 590. The maximum absolute atomic E-state index is 10.7. The Hall–Kier alpha value is -2.83. The van der Waals surface area contributed by atoms with Crippen LogP contribution in [0.25, 0.3) is 11.1 Å². The van der Waals surface area contributed by atoms with Crippen LogP contribution in [0.5, 0.6) is 5.75 Å². The van der Waals surface area contributed by atoms with Crippen molar-refractivity contribution >= 4 is 11.8 Å². The van der Waals surface area contributed by atoms with E-state index in [1.165, 1.54) is 30.7 Å². The van der Waals surface area contributed by atoms with Crippen molar-refractivity contribution < 1.29 is 24.0 Å². The molecule has 1 N–H and O–H groups in total. The van der Waals surface area contributed by atoms with Gasteiger partial charge in [-0.05, 0) is 12.1 Å². The molecule has 92 valence electrons. The third-order valence-corrected chi connectivity index (χ3v) is 2.20. The van der Waals surface area contributed by atoms with Gasteiger partial charge in [0.2, 0.25) is 0 Å². The van der Waals surface area contributed by atoms with Gasteiger partial charge >= 0.3 is 6.16 Å². The molecule has 0 saturated heterocycles. The first-order valence-electron chi connectivity index (χ1n) is 4.79. The number of nitro benzene ring substituents is 1. The van der Waals surface area contributed by atoms with Gasteiger partial charge in [0.05, 0.1) is 17.4 Å². The van der Waals surface area contributed by atoms with Gasteiger partial charge in [-0.2, -0.15) is 0 Å². The molecule has 0 fully saturated rings. The Morgan fingerprint density at radius 1 is 1.39 bits per heavy atom. The molecule has 2 rings (SSSR count). The Labute approximate surface area is 100 Å². The molecule has 0 aliphatic heterocycles. The lowest BCUT2D eigenvalue weighted by atomic mass is 10.1. The predicted molar refractivity (Wildman–Crippen MR) is 59.5 cm³/mol. The first-order chi connectivity index (χ1) is 8.58. The maximum Gasteiger partial charge on any atom is 0.511 e. The van der Waals surface area contributed by atoms with Crippen LogP contribution in [0, 0.1) is 10.1 Å². The van der Waals surface area contributed by atoms with Gasteiger partial charge in [-0.15, -0.1) is 0 Å². The van der Waals surface area contributed by atoms with E-state index in [9.17, 15) is 14.9 Å². The van der Waals surface area contributed by atoms with E-state index in [2.05, 4.69) is 4.74 Å². The van der Waals surface area contributed by atoms with Crippen molar-refractivity contribution in [3.8, 4) is 16.9 Å². The average molecular weight is 249 g/mol. The van der Waals surface area contributed by atoms with Gasteiger partial charge in [-0.3, -0.25) is 10.1 Å². The number of furan rings is 1. The number of carbonyl (C=O) groups is 1. The van der Waals surface area contributed by atoms with E-state index in [1.54, 1.807) is 6.07 Å². The summed E-state index contributed by atoms with van der Waals surface area (Å²) in [5.74, 6) is 0.00880. The smallest absolute Gasteiger partial charge is 0.472 e. The Morgan fingerprint density at radius 3 is 2.72 bits per heavy atom. The minimum Gasteiger partial charge on any atom is -0.472 e. The number of benzene rings is 1. The summed E-state index contributed by atoms with van der Waals surface area (Å²) in [7, 11) is 0. The monoisotopic (exact) mass is 249 g/mol. The number of hydrogen-bond donors (Lipinski definition) is 1. The highest BCUT2D eigenvalue weighted by molar-refractivity contribution is 5.75. The molecule has 1 aromatic carbocycles. The van der Waals surface area contributed by atoms with Gasteiger partial charge in [0.25, 0.3) is 5.69 Å². The van der Waals surface area contributed by atoms with E-state index in [-0.39, 0.29) is 17.0 Å². The van der Waals surface area contributed by atoms with E-state index in [0.717, 1.165) is 0 Å². The molecule has 0 unspecified atom stereocenters. The highest BCUT2D eigenvalue weighted by atomic mass is 16.7. The van der Waals surface area contributed by atoms with Crippen molar-refractivity contribution in [1.29, 1.82) is 0 Å². The first-order valence-corrected chi connectivity index (χ1v) is 4.79. The van der Waals surface area contributed by atoms with Crippen LogP contribution in [0.1, 0.15) is 0 Å². The SMILES string of the molecule is O=C(O)Oc1ccc([N+](=O)[O-])cc1-c1ccoc1. The largest absolute Gasteiger partial charge is 0.511 e. The number of nitro groups is 1. The topological polar surface area (TPSA) is 103 Å². The summed E-state index contributed by atoms with van der Waals surface area (Å²) in [4.78, 5) is 20.6. The van der Waals surface area contributed by atoms with Crippen LogP contribution in [-0.4, -0.2) is 16.2 Å². The van der Waals surface area contributed by atoms with Gasteiger partial charge in [0.1, 0.15) is 5.75 Å². The lowest BCUT2D eigenvalue weighted by Crippen LogP contribution is -2.04. The second-order valence-electron chi connectivity index (χ2n) is 3.32. The third-order valence-electron chi connectivity index (χ3n) is 2.20. The van der Waals surface area contributed by atoms with Crippen LogP contribution in [0.4, 0.5) is 10.5 Å². The molecule has 0 radical (unpaired) electrons. The quantitative estimate of drug-likeness (QED) is 0.388. The number of non-ortho nitro benzene ring substituents is 1. The van der Waals surface area contributed by atoms with Gasteiger partial charge in [0.15, 0.2) is 0 Å². The van der Waals surface area contributed by atoms with E-state index in [0.29, 0.717) is 5.56 Å². The van der Waals surface area contributed by atoms with E-state index < -0.39 is 11.1 Å². The standard InChI is InChI=1S/C11H7NO6/c13-11(14)18-10-2-1-8(12(15)16)5-9(10)7-3-4-17-6-7/h1-6H,(H,13,14). The van der Waals surface area contributed by atoms with Crippen molar-refractivity contribution in [2.75, 3.05) is 0 Å². The van der Waals surface area contributed by atoms with Crippen LogP contribution in [0.15, 0.2) is 41.2 Å². The highest BCUT2D eigenvalue weighted by Crippen LogP contribution is 2.33. The number of carboxylic acid groups (broad SMARTS) is 1. The maximum atomic E-state index is 10.7. The molecule has 7 nitrogen and oxygen atoms in total. The number of nitrogens with zero attached hydrogens (tertiary/aromatic N) is 1. The normalized spacial score (nSPS) is 10.0. The van der Waals surface area contributed by atoms with Crippen LogP contribution >= 0.6 is 0 Å². The fourth-order valence-electron chi connectivity index (χ4n) is 1.46. The van der Waals surface area contributed by atoms with Gasteiger partial charge in [0, 0.05) is 23.3 Å². The minimum absolute atomic E-state index is 0.00880. The molecular weight excluding hydrogens is 242 g/mol. The number of hydrogen-bond acceptors (Lipinski definition) is 5. The number of rotatable bonds is 3. The molecule has 1 heterocycles. The molecule has 1 aromatic heterocycles. The molecule has 0 saturated carbocycles. The second-order valence-corrected chi connectivity index (χ2v) is 3.32. The summed E-state index contributed by atoms with van der Waals surface area (Å²) in [6.45, 7) is 0. The lowest BCUT2D eigenvalue weighted by molar-refractivity contribution is -0.384. The van der Waals surface area contributed by atoms with Crippen molar-refractivity contribution in [3.63, 3.8) is 0 Å². The zero-order valence-corrected chi connectivity index (χ0v) is 8.90. The summed E-state index contributed by atoms with van der Waals surface area (Å²) >= 11 is 0. The lowest BCUT2D eigenvalue weighted by Gasteiger charge is -2.05. The van der Waals surface area contributed by atoms with Gasteiger partial charge in [-0.1, -0.05) is 0 Å². The van der Waals surface area contributed by atoms with Crippen molar-refractivity contribution in [2.24, 2.45) is 0 Å². The van der Waals surface area contributed by atoms with E-state index >= 15 is 0 Å². The minimum atomic E-state index is -1.49. The summed E-state index contributed by atoms with van der Waals surface area (Å²) in [5, 5.41) is 19.3. The molecule has 0 amide bonds. The second kappa shape index (κ2) is 4.58. The fourth-order valence-corrected chi connectivity index (χ4v) is 1.46. The third kappa shape index (κ3) is 2.29. The molecule has 0 spiro atoms. The van der Waals surface area contributed by atoms with Gasteiger partial charge < -0.3 is 14.3 Å². The molecule has 0 aliphatic rings. The number of ether oxygens (including phenoxy) is 1. The van der Waals surface area contributed by atoms with Crippen LogP contribution in [-0.2, 0) is 0 Å². The molecule has 0 bridgehead atoms. The van der Waals surface area contributed by atoms with Gasteiger partial charge in [-0.25, -0.2) is 4.79 Å². The Balaban J connectivity index is 2.53. The van der Waals surface area contributed by atoms with Crippen molar-refractivity contribution in [1.82, 2.24) is 0 Å². The van der Waals surface area contributed by atoms with E-state index in [1.807, 2.05) is 0 Å². The first kappa shape index (κ1) is 11.6. The van der Waals surface area contributed by atoms with E-state index in [4.69, 9.17) is 9.52 Å². The molecular formula is C11H7NO6. The predicted octanol–water partition coefficient (Wildman–Crippen LogP) is 2.91. The van der Waals surface area contributed by atoms with Crippen LogP contribution in [0.3, 0.4) is 0 Å². The summed E-state index contributed by atoms with van der Waals surface area (Å²) < 4.78 is 9.41. The van der Waals surface area contributed by atoms with Crippen LogP contribution < -0.4 is 4.74 Å². The molecule has 18 heavy (non-hydrogen) atoms. The highest BCUT2D eigenvalue weighted by Gasteiger charge is 2.16. The van der Waals surface area contributed by atoms with Crippen molar-refractivity contribution in [3.05, 3.63) is 46.9 Å². The Morgan fingerprint density at radius 2 is 2.17 bits per heavy atom. The summed E-state index contributed by atoms with van der Waals surface area (Å²) in [6.07, 6.45) is 1.22. The van der Waals surface area contributed by atoms with Crippen LogP contribution in [0.2, 0.25) is 0 Å².